The van der Waals surface area contributed by atoms with Gasteiger partial charge in [-0.2, -0.15) is 0 Å². The molecule has 1 amide bonds. The van der Waals surface area contributed by atoms with E-state index in [2.05, 4.69) is 4.98 Å². The van der Waals surface area contributed by atoms with Gasteiger partial charge < -0.3 is 5.73 Å². The van der Waals surface area contributed by atoms with Crippen LogP contribution >= 0.6 is 11.3 Å². The molecule has 3 rings (SSSR count). The molecule has 1 aromatic carbocycles. The number of nitrogens with zero attached hydrogens (tertiary/aromatic N) is 1. The van der Waals surface area contributed by atoms with Gasteiger partial charge in [0.1, 0.15) is 16.5 Å². The molecule has 18 heavy (non-hydrogen) atoms. The van der Waals surface area contributed by atoms with E-state index in [1.165, 1.54) is 11.3 Å². The Labute approximate surface area is 107 Å². The number of carbonyl (C=O) groups is 1. The fourth-order valence-electron chi connectivity index (χ4n) is 1.89. The molecule has 1 aliphatic carbocycles. The second-order valence-corrected chi connectivity index (χ2v) is 5.27. The second kappa shape index (κ2) is 4.17. The minimum Gasteiger partial charge on any atom is -0.364 e. The number of rotatable bonds is 3. The maximum absolute atomic E-state index is 14.0. The number of thiazole rings is 1. The van der Waals surface area contributed by atoms with Crippen LogP contribution < -0.4 is 5.73 Å². The highest BCUT2D eigenvalue weighted by atomic mass is 32.1. The van der Waals surface area contributed by atoms with Crippen molar-refractivity contribution in [2.45, 2.75) is 18.8 Å². The van der Waals surface area contributed by atoms with Gasteiger partial charge in [0.15, 0.2) is 0 Å². The normalized spacial score (nSPS) is 14.7. The minimum absolute atomic E-state index is 0.181. The summed E-state index contributed by atoms with van der Waals surface area (Å²) in [6.07, 6.45) is 2.28. The predicted octanol–water partition coefficient (Wildman–Crippen LogP) is 2.93. The van der Waals surface area contributed by atoms with E-state index >= 15 is 0 Å². The lowest BCUT2D eigenvalue weighted by Gasteiger charge is -2.02. The Kier molecular flexibility index (Phi) is 2.63. The zero-order valence-corrected chi connectivity index (χ0v) is 10.3. The first-order valence-electron chi connectivity index (χ1n) is 5.70. The van der Waals surface area contributed by atoms with Crippen LogP contribution in [-0.2, 0) is 0 Å². The summed E-state index contributed by atoms with van der Waals surface area (Å²) in [6, 6.07) is 5.23. The maximum Gasteiger partial charge on any atom is 0.268 e. The number of nitrogens with two attached hydrogens (primary N) is 1. The van der Waals surface area contributed by atoms with Crippen LogP contribution in [0.4, 0.5) is 4.39 Å². The molecular formula is C13H11FN2OS. The van der Waals surface area contributed by atoms with Crippen LogP contribution in [0.5, 0.6) is 0 Å². The predicted molar refractivity (Wildman–Crippen MR) is 68.0 cm³/mol. The molecule has 0 atom stereocenters. The van der Waals surface area contributed by atoms with E-state index in [4.69, 9.17) is 5.73 Å². The molecular weight excluding hydrogens is 251 g/mol. The maximum atomic E-state index is 14.0. The smallest absolute Gasteiger partial charge is 0.268 e. The van der Waals surface area contributed by atoms with E-state index in [0.29, 0.717) is 16.5 Å². The lowest BCUT2D eigenvalue weighted by Crippen LogP contribution is -2.11. The molecule has 0 unspecified atom stereocenters. The summed E-state index contributed by atoms with van der Waals surface area (Å²) < 4.78 is 14.0. The van der Waals surface area contributed by atoms with Gasteiger partial charge in [0.05, 0.1) is 0 Å². The summed E-state index contributed by atoms with van der Waals surface area (Å²) in [5.74, 6) is -0.358. The Hall–Kier alpha value is -1.75. The number of carbonyl (C=O) groups excluding carboxylic acids is 1. The van der Waals surface area contributed by atoms with Gasteiger partial charge in [-0.15, -0.1) is 11.3 Å². The summed E-state index contributed by atoms with van der Waals surface area (Å²) in [5, 5.41) is 2.04. The van der Waals surface area contributed by atoms with Crippen LogP contribution in [0.25, 0.3) is 10.6 Å². The van der Waals surface area contributed by atoms with Crippen molar-refractivity contribution in [3.63, 3.8) is 0 Å². The fraction of sp³-hybridized carbons (Fsp3) is 0.231. The number of hydrogen-bond acceptors (Lipinski definition) is 3. The van der Waals surface area contributed by atoms with E-state index < -0.39 is 5.91 Å². The zero-order chi connectivity index (χ0) is 12.7. The number of primary amides is 1. The SMILES string of the molecule is NC(=O)c1csc(-c2ccc(C3CC3)cc2F)n1. The minimum atomic E-state index is -0.590. The monoisotopic (exact) mass is 262 g/mol. The van der Waals surface area contributed by atoms with Crippen LogP contribution in [0.3, 0.4) is 0 Å². The molecule has 1 aromatic heterocycles. The second-order valence-electron chi connectivity index (χ2n) is 4.42. The third-order valence-corrected chi connectivity index (χ3v) is 3.90. The molecule has 92 valence electrons. The van der Waals surface area contributed by atoms with E-state index in [1.54, 1.807) is 17.5 Å². The van der Waals surface area contributed by atoms with Crippen molar-refractivity contribution >= 4 is 17.2 Å². The Balaban J connectivity index is 1.97. The summed E-state index contributed by atoms with van der Waals surface area (Å²) in [6.45, 7) is 0. The number of aromatic nitrogens is 1. The molecule has 1 aliphatic rings. The lowest BCUT2D eigenvalue weighted by atomic mass is 10.1. The number of hydrogen-bond donors (Lipinski definition) is 1. The van der Waals surface area contributed by atoms with Crippen LogP contribution in [0.1, 0.15) is 34.8 Å². The Morgan fingerprint density at radius 2 is 2.22 bits per heavy atom. The van der Waals surface area contributed by atoms with Gasteiger partial charge in [-0.1, -0.05) is 6.07 Å². The largest absolute Gasteiger partial charge is 0.364 e. The molecule has 0 aliphatic heterocycles. The summed E-state index contributed by atoms with van der Waals surface area (Å²) in [7, 11) is 0. The van der Waals surface area contributed by atoms with Crippen molar-refractivity contribution in [3.8, 4) is 10.6 Å². The quantitative estimate of drug-likeness (QED) is 0.924. The molecule has 1 heterocycles. The molecule has 0 saturated heterocycles. The van der Waals surface area contributed by atoms with Crippen molar-refractivity contribution in [3.05, 3.63) is 40.7 Å². The van der Waals surface area contributed by atoms with Gasteiger partial charge >= 0.3 is 0 Å². The topological polar surface area (TPSA) is 56.0 Å². The highest BCUT2D eigenvalue weighted by Crippen LogP contribution is 2.41. The highest BCUT2D eigenvalue weighted by Gasteiger charge is 2.24. The molecule has 1 fully saturated rings. The molecule has 5 heteroatoms. The molecule has 1 saturated carbocycles. The van der Waals surface area contributed by atoms with Gasteiger partial charge in [0.2, 0.25) is 0 Å². The highest BCUT2D eigenvalue weighted by molar-refractivity contribution is 7.13. The third kappa shape index (κ3) is 2.01. The van der Waals surface area contributed by atoms with Crippen molar-refractivity contribution < 1.29 is 9.18 Å². The Morgan fingerprint density at radius 3 is 2.78 bits per heavy atom. The average molecular weight is 262 g/mol. The summed E-state index contributed by atoms with van der Waals surface area (Å²) in [5.41, 5.74) is 6.78. The Bertz CT molecular complexity index is 619. The van der Waals surface area contributed by atoms with Crippen molar-refractivity contribution in [1.82, 2.24) is 4.98 Å². The summed E-state index contributed by atoms with van der Waals surface area (Å²) >= 11 is 1.22. The van der Waals surface area contributed by atoms with E-state index in [-0.39, 0.29) is 11.5 Å². The molecule has 2 N–H and O–H groups in total. The number of halogens is 1. The summed E-state index contributed by atoms with van der Waals surface area (Å²) in [4.78, 5) is 15.0. The Morgan fingerprint density at radius 1 is 1.44 bits per heavy atom. The first kappa shape index (κ1) is 11.3. The molecule has 0 spiro atoms. The van der Waals surface area contributed by atoms with E-state index in [0.717, 1.165) is 18.4 Å². The van der Waals surface area contributed by atoms with Crippen LogP contribution in [0.15, 0.2) is 23.6 Å². The van der Waals surface area contributed by atoms with Crippen molar-refractivity contribution in [2.75, 3.05) is 0 Å². The van der Waals surface area contributed by atoms with Crippen molar-refractivity contribution in [2.24, 2.45) is 5.73 Å². The zero-order valence-electron chi connectivity index (χ0n) is 9.52. The van der Waals surface area contributed by atoms with Gasteiger partial charge in [-0.3, -0.25) is 4.79 Å². The van der Waals surface area contributed by atoms with Gasteiger partial charge in [0, 0.05) is 10.9 Å². The third-order valence-electron chi connectivity index (χ3n) is 3.03. The fourth-order valence-corrected chi connectivity index (χ4v) is 2.72. The molecule has 0 radical (unpaired) electrons. The molecule has 2 aromatic rings. The van der Waals surface area contributed by atoms with E-state index in [9.17, 15) is 9.18 Å². The van der Waals surface area contributed by atoms with Crippen molar-refractivity contribution in [1.29, 1.82) is 0 Å². The molecule has 0 bridgehead atoms. The van der Waals surface area contributed by atoms with Gasteiger partial charge in [-0.25, -0.2) is 9.37 Å². The van der Waals surface area contributed by atoms with Crippen LogP contribution in [-0.4, -0.2) is 10.9 Å². The van der Waals surface area contributed by atoms with E-state index in [1.807, 2.05) is 6.07 Å². The lowest BCUT2D eigenvalue weighted by molar-refractivity contribution is 0.0996. The standard InChI is InChI=1S/C13H11FN2OS/c14-10-5-8(7-1-2-7)3-4-9(10)13-16-11(6-18-13)12(15)17/h3-7H,1-2H2,(H2,15,17). The van der Waals surface area contributed by atoms with Crippen LogP contribution in [0, 0.1) is 5.82 Å². The molecule has 3 nitrogen and oxygen atoms in total. The van der Waals surface area contributed by atoms with Gasteiger partial charge in [0.25, 0.3) is 5.91 Å². The average Bonchev–Trinajstić information content (AvgIpc) is 3.07. The number of amides is 1. The first-order valence-corrected chi connectivity index (χ1v) is 6.58. The number of benzene rings is 1. The van der Waals surface area contributed by atoms with Crippen LogP contribution in [0.2, 0.25) is 0 Å². The first-order chi connectivity index (χ1) is 8.65. The van der Waals surface area contributed by atoms with Gasteiger partial charge in [-0.05, 0) is 36.5 Å².